The molecule has 0 radical (unpaired) electrons. The number of fused-ring (bicyclic) bond motifs is 1. The molecule has 1 aliphatic rings. The van der Waals surface area contributed by atoms with E-state index in [9.17, 15) is 4.39 Å². The molecule has 0 fully saturated rings. The summed E-state index contributed by atoms with van der Waals surface area (Å²) in [6.07, 6.45) is 1.55. The number of nitrogens with two attached hydrogens (primary N) is 1. The molecule has 2 aromatic rings. The fourth-order valence-electron chi connectivity index (χ4n) is 3.09. The van der Waals surface area contributed by atoms with Gasteiger partial charge in [-0.1, -0.05) is 34.1 Å². The van der Waals surface area contributed by atoms with Crippen LogP contribution in [0.15, 0.2) is 46.9 Å². The first-order valence-corrected chi connectivity index (χ1v) is 7.80. The summed E-state index contributed by atoms with van der Waals surface area (Å²) < 4.78 is 20.1. The minimum Gasteiger partial charge on any atom is -0.493 e. The Morgan fingerprint density at radius 2 is 2.05 bits per heavy atom. The number of hydrogen-bond donors (Lipinski definition) is 1. The van der Waals surface area contributed by atoms with Gasteiger partial charge in [0, 0.05) is 22.0 Å². The topological polar surface area (TPSA) is 35.2 Å². The second kappa shape index (κ2) is 5.78. The Balaban J connectivity index is 2.02. The van der Waals surface area contributed by atoms with Crippen molar-refractivity contribution in [2.24, 2.45) is 5.73 Å². The maximum Gasteiger partial charge on any atom is 0.124 e. The number of hydrogen-bond acceptors (Lipinski definition) is 2. The standard InChI is InChI=1S/C17H17BrFNO/c18-13-7-12(8-14(19)9-13)10-17(11-20)5-6-21-16-4-2-1-3-15(16)17/h1-4,7-9H,5-6,10-11,20H2. The van der Waals surface area contributed by atoms with Crippen LogP contribution in [0.4, 0.5) is 4.39 Å². The van der Waals surface area contributed by atoms with Crippen molar-refractivity contribution in [1.29, 1.82) is 0 Å². The van der Waals surface area contributed by atoms with E-state index in [1.807, 2.05) is 24.3 Å². The van der Waals surface area contributed by atoms with Gasteiger partial charge in [0.25, 0.3) is 0 Å². The average Bonchev–Trinajstić information content (AvgIpc) is 2.46. The zero-order chi connectivity index (χ0) is 14.9. The van der Waals surface area contributed by atoms with Crippen LogP contribution in [-0.2, 0) is 11.8 Å². The van der Waals surface area contributed by atoms with E-state index in [1.165, 1.54) is 6.07 Å². The minimum absolute atomic E-state index is 0.192. The van der Waals surface area contributed by atoms with Gasteiger partial charge in [-0.25, -0.2) is 4.39 Å². The van der Waals surface area contributed by atoms with Crippen LogP contribution < -0.4 is 10.5 Å². The summed E-state index contributed by atoms with van der Waals surface area (Å²) in [5.41, 5.74) is 8.00. The van der Waals surface area contributed by atoms with Crippen LogP contribution in [0.25, 0.3) is 0 Å². The van der Waals surface area contributed by atoms with Gasteiger partial charge in [-0.05, 0) is 42.7 Å². The third-order valence-corrected chi connectivity index (χ3v) is 4.61. The SMILES string of the molecule is NCC1(Cc2cc(F)cc(Br)c2)CCOc2ccccc21. The molecule has 0 amide bonds. The average molecular weight is 350 g/mol. The van der Waals surface area contributed by atoms with E-state index in [4.69, 9.17) is 10.5 Å². The zero-order valence-corrected chi connectivity index (χ0v) is 13.2. The summed E-state index contributed by atoms with van der Waals surface area (Å²) in [7, 11) is 0. The smallest absolute Gasteiger partial charge is 0.124 e. The van der Waals surface area contributed by atoms with E-state index in [1.54, 1.807) is 6.07 Å². The summed E-state index contributed by atoms with van der Waals surface area (Å²) >= 11 is 3.35. The minimum atomic E-state index is -0.230. The predicted octanol–water partition coefficient (Wildman–Crippen LogP) is 3.81. The molecule has 0 saturated heterocycles. The maximum absolute atomic E-state index is 13.6. The largest absolute Gasteiger partial charge is 0.493 e. The van der Waals surface area contributed by atoms with Crippen LogP contribution in [0, 0.1) is 5.82 Å². The summed E-state index contributed by atoms with van der Waals surface area (Å²) in [6.45, 7) is 1.16. The monoisotopic (exact) mass is 349 g/mol. The van der Waals surface area contributed by atoms with E-state index >= 15 is 0 Å². The van der Waals surface area contributed by atoms with Crippen LogP contribution in [0.3, 0.4) is 0 Å². The van der Waals surface area contributed by atoms with Gasteiger partial charge in [-0.2, -0.15) is 0 Å². The fourth-order valence-corrected chi connectivity index (χ4v) is 3.61. The second-order valence-corrected chi connectivity index (χ2v) is 6.45. The lowest BCUT2D eigenvalue weighted by molar-refractivity contribution is 0.215. The fraction of sp³-hybridized carbons (Fsp3) is 0.294. The van der Waals surface area contributed by atoms with Crippen LogP contribution in [-0.4, -0.2) is 13.2 Å². The summed E-state index contributed by atoms with van der Waals surface area (Å²) in [5.74, 6) is 0.663. The molecule has 1 heterocycles. The highest BCUT2D eigenvalue weighted by Crippen LogP contribution is 2.40. The Hall–Kier alpha value is -1.39. The first-order valence-electron chi connectivity index (χ1n) is 7.00. The number of para-hydroxylation sites is 1. The van der Waals surface area contributed by atoms with Crippen molar-refractivity contribution < 1.29 is 9.13 Å². The van der Waals surface area contributed by atoms with Crippen molar-refractivity contribution in [3.8, 4) is 5.75 Å². The molecule has 0 aromatic heterocycles. The normalized spacial score (nSPS) is 20.7. The first kappa shape index (κ1) is 14.5. The zero-order valence-electron chi connectivity index (χ0n) is 11.6. The van der Waals surface area contributed by atoms with Gasteiger partial charge in [-0.15, -0.1) is 0 Å². The van der Waals surface area contributed by atoms with Crippen molar-refractivity contribution in [2.45, 2.75) is 18.3 Å². The highest BCUT2D eigenvalue weighted by molar-refractivity contribution is 9.10. The summed E-state index contributed by atoms with van der Waals surface area (Å²) in [5, 5.41) is 0. The van der Waals surface area contributed by atoms with Crippen molar-refractivity contribution >= 4 is 15.9 Å². The highest BCUT2D eigenvalue weighted by Gasteiger charge is 2.36. The van der Waals surface area contributed by atoms with Gasteiger partial charge in [0.15, 0.2) is 0 Å². The van der Waals surface area contributed by atoms with Gasteiger partial charge < -0.3 is 10.5 Å². The van der Waals surface area contributed by atoms with Gasteiger partial charge in [-0.3, -0.25) is 0 Å². The van der Waals surface area contributed by atoms with E-state index < -0.39 is 0 Å². The second-order valence-electron chi connectivity index (χ2n) is 5.53. The summed E-state index contributed by atoms with van der Waals surface area (Å²) in [4.78, 5) is 0. The molecule has 2 aromatic carbocycles. The number of halogens is 2. The van der Waals surface area contributed by atoms with E-state index in [0.717, 1.165) is 27.8 Å². The summed E-state index contributed by atoms with van der Waals surface area (Å²) in [6, 6.07) is 13.0. The van der Waals surface area contributed by atoms with Gasteiger partial charge >= 0.3 is 0 Å². The molecule has 4 heteroatoms. The van der Waals surface area contributed by atoms with Crippen LogP contribution in [0.1, 0.15) is 17.5 Å². The molecule has 0 aliphatic carbocycles. The molecule has 1 unspecified atom stereocenters. The molecule has 0 bridgehead atoms. The number of ether oxygens (including phenoxy) is 1. The third-order valence-electron chi connectivity index (χ3n) is 4.15. The molecule has 21 heavy (non-hydrogen) atoms. The van der Waals surface area contributed by atoms with E-state index in [-0.39, 0.29) is 11.2 Å². The molecule has 1 aliphatic heterocycles. The Bertz CT molecular complexity index is 641. The molecule has 2 N–H and O–H groups in total. The van der Waals surface area contributed by atoms with Crippen LogP contribution >= 0.6 is 15.9 Å². The third kappa shape index (κ3) is 2.83. The molecule has 1 atom stereocenters. The number of benzene rings is 2. The van der Waals surface area contributed by atoms with Gasteiger partial charge in [0.05, 0.1) is 6.61 Å². The Kier molecular flexibility index (Phi) is 4.00. The van der Waals surface area contributed by atoms with Gasteiger partial charge in [0.2, 0.25) is 0 Å². The molecular weight excluding hydrogens is 333 g/mol. The van der Waals surface area contributed by atoms with Crippen LogP contribution in [0.2, 0.25) is 0 Å². The van der Waals surface area contributed by atoms with Crippen molar-refractivity contribution in [2.75, 3.05) is 13.2 Å². The maximum atomic E-state index is 13.6. The Morgan fingerprint density at radius 1 is 1.24 bits per heavy atom. The van der Waals surface area contributed by atoms with E-state index in [2.05, 4.69) is 22.0 Å². The predicted molar refractivity (Wildman–Crippen MR) is 85.1 cm³/mol. The molecule has 3 rings (SSSR count). The quantitative estimate of drug-likeness (QED) is 0.914. The van der Waals surface area contributed by atoms with Crippen molar-refractivity contribution in [3.63, 3.8) is 0 Å². The lowest BCUT2D eigenvalue weighted by Gasteiger charge is -2.38. The molecule has 0 spiro atoms. The Labute approximate surface area is 132 Å². The molecule has 2 nitrogen and oxygen atoms in total. The van der Waals surface area contributed by atoms with Crippen molar-refractivity contribution in [3.05, 3.63) is 63.9 Å². The van der Waals surface area contributed by atoms with Crippen LogP contribution in [0.5, 0.6) is 5.75 Å². The highest BCUT2D eigenvalue weighted by atomic mass is 79.9. The number of rotatable bonds is 3. The van der Waals surface area contributed by atoms with Crippen molar-refractivity contribution in [1.82, 2.24) is 0 Å². The first-order chi connectivity index (χ1) is 10.1. The van der Waals surface area contributed by atoms with E-state index in [0.29, 0.717) is 19.6 Å². The molecule has 0 saturated carbocycles. The lowest BCUT2D eigenvalue weighted by Crippen LogP contribution is -2.41. The van der Waals surface area contributed by atoms with Gasteiger partial charge in [0.1, 0.15) is 11.6 Å². The lowest BCUT2D eigenvalue weighted by atomic mass is 9.72. The molecule has 110 valence electrons. The Morgan fingerprint density at radius 3 is 2.81 bits per heavy atom. The molecular formula is C17H17BrFNO.